The highest BCUT2D eigenvalue weighted by Crippen LogP contribution is 2.26. The van der Waals surface area contributed by atoms with Gasteiger partial charge in [0.25, 0.3) is 11.8 Å². The van der Waals surface area contributed by atoms with Crippen LogP contribution in [0.25, 0.3) is 22.8 Å². The maximum absolute atomic E-state index is 12.2. The summed E-state index contributed by atoms with van der Waals surface area (Å²) in [6.45, 7) is -0.151. The Balaban J connectivity index is 1.40. The molecule has 1 amide bonds. The Morgan fingerprint density at radius 2 is 1.62 bits per heavy atom. The predicted octanol–water partition coefficient (Wildman–Crippen LogP) is 4.44. The van der Waals surface area contributed by atoms with Gasteiger partial charge in [0.2, 0.25) is 5.82 Å². The summed E-state index contributed by atoms with van der Waals surface area (Å²) in [5, 5.41) is 6.81. The van der Waals surface area contributed by atoms with E-state index in [0.29, 0.717) is 34.5 Å². The lowest BCUT2D eigenvalue weighted by Crippen LogP contribution is -2.20. The third-order valence-electron chi connectivity index (χ3n) is 4.58. The molecule has 0 unspecified atom stereocenters. The Labute approximate surface area is 184 Å². The fourth-order valence-electron chi connectivity index (χ4n) is 2.96. The zero-order valence-corrected chi connectivity index (χ0v) is 17.6. The van der Waals surface area contributed by atoms with Crippen LogP contribution in [0.2, 0.25) is 0 Å². The van der Waals surface area contributed by atoms with Crippen molar-refractivity contribution in [2.45, 2.75) is 0 Å². The zero-order chi connectivity index (χ0) is 22.3. The number of benzene rings is 3. The topological polar surface area (TPSA) is 95.7 Å². The van der Waals surface area contributed by atoms with Crippen LogP contribution in [0.5, 0.6) is 17.2 Å². The summed E-state index contributed by atoms with van der Waals surface area (Å²) in [5.41, 5.74) is 2.12. The fourth-order valence-corrected chi connectivity index (χ4v) is 2.96. The average molecular weight is 431 g/mol. The largest absolute Gasteiger partial charge is 0.497 e. The molecular formula is C24H21N3O5. The Kier molecular flexibility index (Phi) is 6.31. The number of nitrogens with one attached hydrogen (secondary N) is 1. The van der Waals surface area contributed by atoms with Crippen LogP contribution >= 0.6 is 0 Å². The monoisotopic (exact) mass is 431 g/mol. The molecule has 0 spiro atoms. The number of ether oxygens (including phenoxy) is 3. The zero-order valence-electron chi connectivity index (χ0n) is 17.6. The SMILES string of the molecule is COc1ccc(-c2noc(-c3cccc(OCC(=O)Nc4cccc(OC)c4)c3)n2)cc1. The molecule has 0 saturated carbocycles. The van der Waals surface area contributed by atoms with E-state index in [9.17, 15) is 4.79 Å². The highest BCUT2D eigenvalue weighted by Gasteiger charge is 2.12. The Morgan fingerprint density at radius 3 is 2.41 bits per heavy atom. The van der Waals surface area contributed by atoms with Gasteiger partial charge >= 0.3 is 0 Å². The van der Waals surface area contributed by atoms with E-state index in [2.05, 4.69) is 15.5 Å². The molecule has 1 N–H and O–H groups in total. The van der Waals surface area contributed by atoms with Gasteiger partial charge in [-0.1, -0.05) is 17.3 Å². The summed E-state index contributed by atoms with van der Waals surface area (Å²) in [4.78, 5) is 16.7. The van der Waals surface area contributed by atoms with Gasteiger partial charge in [-0.25, -0.2) is 0 Å². The molecule has 0 bridgehead atoms. The van der Waals surface area contributed by atoms with Crippen LogP contribution in [0.1, 0.15) is 0 Å². The van der Waals surface area contributed by atoms with Crippen LogP contribution in [0.3, 0.4) is 0 Å². The number of rotatable bonds is 8. The number of amides is 1. The van der Waals surface area contributed by atoms with Crippen molar-refractivity contribution in [1.29, 1.82) is 0 Å². The number of carbonyl (C=O) groups is 1. The summed E-state index contributed by atoms with van der Waals surface area (Å²) in [6.07, 6.45) is 0. The molecule has 8 heteroatoms. The van der Waals surface area contributed by atoms with Crippen LogP contribution in [-0.2, 0) is 4.79 Å². The van der Waals surface area contributed by atoms with Crippen molar-refractivity contribution in [2.75, 3.05) is 26.1 Å². The number of hydrogen-bond donors (Lipinski definition) is 1. The molecule has 0 saturated heterocycles. The van der Waals surface area contributed by atoms with E-state index in [-0.39, 0.29) is 12.5 Å². The predicted molar refractivity (Wildman–Crippen MR) is 119 cm³/mol. The van der Waals surface area contributed by atoms with Crippen LogP contribution in [0.15, 0.2) is 77.3 Å². The van der Waals surface area contributed by atoms with E-state index in [1.165, 1.54) is 0 Å². The van der Waals surface area contributed by atoms with E-state index in [1.54, 1.807) is 56.7 Å². The second-order valence-electron chi connectivity index (χ2n) is 6.75. The lowest BCUT2D eigenvalue weighted by atomic mass is 10.2. The second-order valence-corrected chi connectivity index (χ2v) is 6.75. The van der Waals surface area contributed by atoms with Gasteiger partial charge in [-0.05, 0) is 54.6 Å². The van der Waals surface area contributed by atoms with Gasteiger partial charge in [0.15, 0.2) is 6.61 Å². The summed E-state index contributed by atoms with van der Waals surface area (Å²) in [6, 6.07) is 21.6. The van der Waals surface area contributed by atoms with Gasteiger partial charge in [-0.2, -0.15) is 4.98 Å². The molecule has 0 radical (unpaired) electrons. The molecule has 1 heterocycles. The van der Waals surface area contributed by atoms with E-state index < -0.39 is 0 Å². The minimum absolute atomic E-state index is 0.151. The summed E-state index contributed by atoms with van der Waals surface area (Å²) >= 11 is 0. The first-order valence-electron chi connectivity index (χ1n) is 9.80. The third-order valence-corrected chi connectivity index (χ3v) is 4.58. The Morgan fingerprint density at radius 1 is 0.875 bits per heavy atom. The van der Waals surface area contributed by atoms with Crippen LogP contribution in [0, 0.1) is 0 Å². The third kappa shape index (κ3) is 5.04. The van der Waals surface area contributed by atoms with Gasteiger partial charge in [-0.15, -0.1) is 0 Å². The number of hydrogen-bond acceptors (Lipinski definition) is 7. The van der Waals surface area contributed by atoms with Crippen molar-refractivity contribution in [3.8, 4) is 40.1 Å². The molecule has 1 aromatic heterocycles. The maximum Gasteiger partial charge on any atom is 0.262 e. The van der Waals surface area contributed by atoms with Gasteiger partial charge in [0.1, 0.15) is 17.2 Å². The summed E-state index contributed by atoms with van der Waals surface area (Å²) in [7, 11) is 3.18. The molecule has 162 valence electrons. The number of methoxy groups -OCH3 is 2. The highest BCUT2D eigenvalue weighted by atomic mass is 16.5. The van der Waals surface area contributed by atoms with E-state index >= 15 is 0 Å². The highest BCUT2D eigenvalue weighted by molar-refractivity contribution is 5.92. The minimum Gasteiger partial charge on any atom is -0.497 e. The van der Waals surface area contributed by atoms with Gasteiger partial charge < -0.3 is 24.1 Å². The smallest absolute Gasteiger partial charge is 0.262 e. The van der Waals surface area contributed by atoms with Gasteiger partial charge in [0.05, 0.1) is 14.2 Å². The fraction of sp³-hybridized carbons (Fsp3) is 0.125. The number of nitrogens with zero attached hydrogens (tertiary/aromatic N) is 2. The number of carbonyl (C=O) groups excluding carboxylic acids is 1. The van der Waals surface area contributed by atoms with Gasteiger partial charge in [0, 0.05) is 22.9 Å². The normalized spacial score (nSPS) is 10.4. The van der Waals surface area contributed by atoms with E-state index in [0.717, 1.165) is 11.3 Å². The number of aromatic nitrogens is 2. The molecule has 4 rings (SSSR count). The first kappa shape index (κ1) is 20.9. The van der Waals surface area contributed by atoms with Crippen LogP contribution < -0.4 is 19.5 Å². The second kappa shape index (κ2) is 9.65. The van der Waals surface area contributed by atoms with E-state index in [1.807, 2.05) is 30.3 Å². The standard InChI is InChI=1S/C24H21N3O5/c1-29-19-11-9-16(10-12-19)23-26-24(32-27-23)17-5-3-8-21(13-17)31-15-22(28)25-18-6-4-7-20(14-18)30-2/h3-14H,15H2,1-2H3,(H,25,28). The van der Waals surface area contributed by atoms with Crippen molar-refractivity contribution < 1.29 is 23.5 Å². The summed E-state index contributed by atoms with van der Waals surface area (Å²) in [5.74, 6) is 2.44. The molecule has 4 aromatic rings. The molecule has 0 fully saturated rings. The quantitative estimate of drug-likeness (QED) is 0.441. The van der Waals surface area contributed by atoms with Crippen LogP contribution in [0.4, 0.5) is 5.69 Å². The lowest BCUT2D eigenvalue weighted by molar-refractivity contribution is -0.118. The molecule has 0 aliphatic heterocycles. The average Bonchev–Trinajstić information content (AvgIpc) is 3.33. The molecule has 0 aliphatic rings. The van der Waals surface area contributed by atoms with Gasteiger partial charge in [-0.3, -0.25) is 4.79 Å². The van der Waals surface area contributed by atoms with Crippen molar-refractivity contribution >= 4 is 11.6 Å². The molecule has 0 atom stereocenters. The first-order valence-corrected chi connectivity index (χ1v) is 9.80. The maximum atomic E-state index is 12.2. The Bertz CT molecular complexity index is 1200. The van der Waals surface area contributed by atoms with Crippen molar-refractivity contribution in [1.82, 2.24) is 10.1 Å². The van der Waals surface area contributed by atoms with E-state index in [4.69, 9.17) is 18.7 Å². The molecular weight excluding hydrogens is 410 g/mol. The number of anilines is 1. The van der Waals surface area contributed by atoms with Crippen molar-refractivity contribution in [3.63, 3.8) is 0 Å². The lowest BCUT2D eigenvalue weighted by Gasteiger charge is -2.09. The molecule has 8 nitrogen and oxygen atoms in total. The molecule has 3 aromatic carbocycles. The Hall–Kier alpha value is -4.33. The van der Waals surface area contributed by atoms with Crippen molar-refractivity contribution in [3.05, 3.63) is 72.8 Å². The summed E-state index contributed by atoms with van der Waals surface area (Å²) < 4.78 is 21.3. The minimum atomic E-state index is -0.289. The molecule has 0 aliphatic carbocycles. The first-order chi connectivity index (χ1) is 15.6. The van der Waals surface area contributed by atoms with Crippen molar-refractivity contribution in [2.24, 2.45) is 0 Å². The van der Waals surface area contributed by atoms with Crippen LogP contribution in [-0.4, -0.2) is 36.9 Å². The molecule has 32 heavy (non-hydrogen) atoms.